The quantitative estimate of drug-likeness (QED) is 0.826. The highest BCUT2D eigenvalue weighted by Crippen LogP contribution is 2.33. The first-order valence-corrected chi connectivity index (χ1v) is 9.80. The van der Waals surface area contributed by atoms with Crippen LogP contribution in [-0.2, 0) is 4.74 Å². The van der Waals surface area contributed by atoms with Gasteiger partial charge in [-0.15, -0.1) is 0 Å². The van der Waals surface area contributed by atoms with Crippen LogP contribution in [0.3, 0.4) is 0 Å². The highest BCUT2D eigenvalue weighted by molar-refractivity contribution is 5.77. The van der Waals surface area contributed by atoms with Gasteiger partial charge >= 0.3 is 0 Å². The van der Waals surface area contributed by atoms with E-state index in [2.05, 4.69) is 35.1 Å². The third kappa shape index (κ3) is 3.88. The summed E-state index contributed by atoms with van der Waals surface area (Å²) in [5.41, 5.74) is 11.1. The summed E-state index contributed by atoms with van der Waals surface area (Å²) in [4.78, 5) is 9.63. The molecule has 148 valence electrons. The average Bonchev–Trinajstić information content (AvgIpc) is 2.71. The number of nitrogens with two attached hydrogens (primary N) is 1. The smallest absolute Gasteiger partial charge is 0.146 e. The van der Waals surface area contributed by atoms with Crippen LogP contribution in [0, 0.1) is 12.7 Å². The van der Waals surface area contributed by atoms with Gasteiger partial charge in [0, 0.05) is 26.2 Å². The molecule has 1 aromatic carbocycles. The fourth-order valence-corrected chi connectivity index (χ4v) is 3.79. The largest absolute Gasteiger partial charge is 0.396 e. The molecule has 0 radical (unpaired) electrons. The molecule has 1 aromatic heterocycles. The lowest BCUT2D eigenvalue weighted by Crippen LogP contribution is -2.44. The van der Waals surface area contributed by atoms with Crippen molar-refractivity contribution < 1.29 is 9.13 Å². The highest BCUT2D eigenvalue weighted by Gasteiger charge is 2.19. The van der Waals surface area contributed by atoms with Crippen molar-refractivity contribution in [1.29, 1.82) is 0 Å². The lowest BCUT2D eigenvalue weighted by molar-refractivity contribution is 0.161. The highest BCUT2D eigenvalue weighted by atomic mass is 19.1. The number of nitrogens with zero attached hydrogens (tertiary/aromatic N) is 3. The molecule has 0 amide bonds. The van der Waals surface area contributed by atoms with Crippen LogP contribution in [0.15, 0.2) is 30.3 Å². The maximum atomic E-state index is 13.9. The first-order chi connectivity index (χ1) is 13.5. The van der Waals surface area contributed by atoms with Crippen LogP contribution < -0.4 is 10.6 Å². The molecular formula is C22H27FN4O. The third-order valence-corrected chi connectivity index (χ3v) is 5.59. The van der Waals surface area contributed by atoms with E-state index in [1.807, 2.05) is 6.92 Å². The van der Waals surface area contributed by atoms with Gasteiger partial charge in [0.2, 0.25) is 0 Å². The fourth-order valence-electron chi connectivity index (χ4n) is 3.79. The van der Waals surface area contributed by atoms with Crippen molar-refractivity contribution in [3.8, 4) is 11.1 Å². The fraction of sp³-hybridized carbons (Fsp3) is 0.409. The number of nitrogen functional groups attached to an aromatic ring is 1. The second-order valence-corrected chi connectivity index (χ2v) is 7.63. The number of benzene rings is 1. The number of likely N-dealkylation sites (N-methyl/N-ethyl adjacent to an activating group) is 1. The minimum atomic E-state index is -0.373. The molecule has 2 aromatic rings. The second-order valence-electron chi connectivity index (χ2n) is 7.63. The van der Waals surface area contributed by atoms with Gasteiger partial charge in [-0.3, -0.25) is 0 Å². The van der Waals surface area contributed by atoms with Crippen molar-refractivity contribution in [1.82, 2.24) is 9.88 Å². The molecule has 4 rings (SSSR count). The van der Waals surface area contributed by atoms with Gasteiger partial charge < -0.3 is 20.3 Å². The van der Waals surface area contributed by atoms with E-state index < -0.39 is 0 Å². The number of anilines is 2. The molecule has 5 nitrogen and oxygen atoms in total. The summed E-state index contributed by atoms with van der Waals surface area (Å²) in [7, 11) is 2.14. The molecule has 2 aliphatic rings. The van der Waals surface area contributed by atoms with Crippen LogP contribution in [0.4, 0.5) is 15.9 Å². The zero-order valence-corrected chi connectivity index (χ0v) is 16.5. The summed E-state index contributed by atoms with van der Waals surface area (Å²) < 4.78 is 19.3. The van der Waals surface area contributed by atoms with E-state index >= 15 is 0 Å². The lowest BCUT2D eigenvalue weighted by Gasteiger charge is -2.33. The van der Waals surface area contributed by atoms with Crippen molar-refractivity contribution in [2.75, 3.05) is 57.1 Å². The molecule has 2 aliphatic heterocycles. The Morgan fingerprint density at radius 2 is 1.89 bits per heavy atom. The Labute approximate surface area is 165 Å². The Bertz CT molecular complexity index is 904. The number of piperazine rings is 1. The van der Waals surface area contributed by atoms with Gasteiger partial charge in [-0.25, -0.2) is 9.37 Å². The Balaban J connectivity index is 1.80. The van der Waals surface area contributed by atoms with Crippen LogP contribution in [0.2, 0.25) is 0 Å². The van der Waals surface area contributed by atoms with Gasteiger partial charge in [0.1, 0.15) is 11.6 Å². The van der Waals surface area contributed by atoms with Crippen molar-refractivity contribution in [3.63, 3.8) is 0 Å². The standard InChI is InChI=1S/C22H27FN4O/c1-15-11-19(23)20(24)14-18(15)17-12-21(16-3-9-28-10-4-16)25-22(13-17)27-7-5-26(2)6-8-27/h3,11-14H,4-10,24H2,1-2H3. The molecule has 2 N–H and O–H groups in total. The molecule has 0 spiro atoms. The number of hydrogen-bond acceptors (Lipinski definition) is 5. The number of hydrogen-bond donors (Lipinski definition) is 1. The average molecular weight is 382 g/mol. The SMILES string of the molecule is Cc1cc(F)c(N)cc1-c1cc(C2=CCOCC2)nc(N2CCN(C)CC2)c1. The molecule has 0 unspecified atom stereocenters. The normalized spacial score (nSPS) is 18.2. The summed E-state index contributed by atoms with van der Waals surface area (Å²) in [6.45, 7) is 7.16. The van der Waals surface area contributed by atoms with Gasteiger partial charge in [-0.1, -0.05) is 6.08 Å². The van der Waals surface area contributed by atoms with E-state index in [1.165, 1.54) is 11.6 Å². The molecule has 28 heavy (non-hydrogen) atoms. The van der Waals surface area contributed by atoms with Crippen LogP contribution in [0.25, 0.3) is 16.7 Å². The number of aromatic nitrogens is 1. The van der Waals surface area contributed by atoms with Crippen molar-refractivity contribution >= 4 is 17.1 Å². The summed E-state index contributed by atoms with van der Waals surface area (Å²) in [6.07, 6.45) is 2.96. The number of pyridine rings is 1. The van der Waals surface area contributed by atoms with E-state index in [-0.39, 0.29) is 11.5 Å². The maximum Gasteiger partial charge on any atom is 0.146 e. The molecule has 1 fully saturated rings. The van der Waals surface area contributed by atoms with Crippen molar-refractivity contribution in [3.05, 3.63) is 47.4 Å². The summed E-state index contributed by atoms with van der Waals surface area (Å²) in [5, 5.41) is 0. The van der Waals surface area contributed by atoms with Crippen molar-refractivity contribution in [2.45, 2.75) is 13.3 Å². The minimum absolute atomic E-state index is 0.172. The number of rotatable bonds is 3. The van der Waals surface area contributed by atoms with Gasteiger partial charge in [-0.2, -0.15) is 0 Å². The van der Waals surface area contributed by atoms with E-state index in [9.17, 15) is 4.39 Å². The zero-order chi connectivity index (χ0) is 19.7. The summed E-state index contributed by atoms with van der Waals surface area (Å²) in [6, 6.07) is 7.44. The van der Waals surface area contributed by atoms with Crippen LogP contribution in [0.1, 0.15) is 17.7 Å². The zero-order valence-electron chi connectivity index (χ0n) is 16.5. The number of aryl methyl sites for hydroxylation is 1. The lowest BCUT2D eigenvalue weighted by atomic mass is 9.97. The second kappa shape index (κ2) is 7.89. The summed E-state index contributed by atoms with van der Waals surface area (Å²) >= 11 is 0. The monoisotopic (exact) mass is 382 g/mol. The summed E-state index contributed by atoms with van der Waals surface area (Å²) in [5.74, 6) is 0.595. The van der Waals surface area contributed by atoms with Gasteiger partial charge in [-0.05, 0) is 66.9 Å². The van der Waals surface area contributed by atoms with E-state index in [1.54, 1.807) is 6.07 Å². The molecule has 3 heterocycles. The number of halogens is 1. The van der Waals surface area contributed by atoms with E-state index in [0.29, 0.717) is 13.2 Å². The third-order valence-electron chi connectivity index (χ3n) is 5.59. The van der Waals surface area contributed by atoms with Crippen LogP contribution in [-0.4, -0.2) is 56.3 Å². The topological polar surface area (TPSA) is 54.6 Å². The van der Waals surface area contributed by atoms with Crippen LogP contribution >= 0.6 is 0 Å². The Kier molecular flexibility index (Phi) is 5.33. The molecular weight excluding hydrogens is 355 g/mol. The Morgan fingerprint density at radius 1 is 1.11 bits per heavy atom. The Hall–Kier alpha value is -2.44. The predicted molar refractivity (Wildman–Crippen MR) is 112 cm³/mol. The molecule has 0 aliphatic carbocycles. The molecule has 6 heteroatoms. The first kappa shape index (κ1) is 18.9. The maximum absolute atomic E-state index is 13.9. The Morgan fingerprint density at radius 3 is 2.61 bits per heavy atom. The minimum Gasteiger partial charge on any atom is -0.396 e. The number of ether oxygens (including phenoxy) is 1. The molecule has 0 atom stereocenters. The molecule has 0 bridgehead atoms. The van der Waals surface area contributed by atoms with Crippen LogP contribution in [0.5, 0.6) is 0 Å². The van der Waals surface area contributed by atoms with Gasteiger partial charge in [0.05, 0.1) is 24.6 Å². The van der Waals surface area contributed by atoms with Gasteiger partial charge in [0.15, 0.2) is 0 Å². The van der Waals surface area contributed by atoms with Gasteiger partial charge in [0.25, 0.3) is 0 Å². The molecule has 0 saturated carbocycles. The van der Waals surface area contributed by atoms with E-state index in [4.69, 9.17) is 15.5 Å². The predicted octanol–water partition coefficient (Wildman–Crippen LogP) is 3.33. The van der Waals surface area contributed by atoms with Crippen molar-refractivity contribution in [2.24, 2.45) is 0 Å². The first-order valence-electron chi connectivity index (χ1n) is 9.80. The molecule has 1 saturated heterocycles. The van der Waals surface area contributed by atoms with E-state index in [0.717, 1.165) is 60.8 Å².